The Balaban J connectivity index is 1.49. The third-order valence-electron chi connectivity index (χ3n) is 6.00. The van der Waals surface area contributed by atoms with Crippen LogP contribution in [0.5, 0.6) is 0 Å². The molecule has 1 aliphatic heterocycles. The lowest BCUT2D eigenvalue weighted by molar-refractivity contribution is -0.142. The number of rotatable bonds is 5. The van der Waals surface area contributed by atoms with Gasteiger partial charge >= 0.3 is 12.0 Å². The smallest absolute Gasteiger partial charge is 0.317 e. The first-order valence-corrected chi connectivity index (χ1v) is 10.1. The second-order valence-corrected chi connectivity index (χ2v) is 7.80. The molecule has 2 N–H and O–H groups in total. The fraction of sp³-hybridized carbons (Fsp3) is 0.619. The highest BCUT2D eigenvalue weighted by molar-refractivity contribution is 5.75. The van der Waals surface area contributed by atoms with Crippen molar-refractivity contribution in [3.05, 3.63) is 35.9 Å². The fourth-order valence-corrected chi connectivity index (χ4v) is 4.24. The van der Waals surface area contributed by atoms with Gasteiger partial charge in [0.1, 0.15) is 0 Å². The summed E-state index contributed by atoms with van der Waals surface area (Å²) in [6.07, 6.45) is 3.84. The number of hydrogen-bond acceptors (Lipinski definition) is 3. The Labute approximate surface area is 161 Å². The summed E-state index contributed by atoms with van der Waals surface area (Å²) in [7, 11) is 0. The standard InChI is InChI=1S/C21H31N3O3/c1-2-19-15-24(13-12-23(19)14-16-6-4-3-5-7-16)21(27)22-18-10-8-17(9-11-18)20(25)26/h3-7,17-19H,2,8-15H2,1H3,(H,22,27)(H,25,26). The van der Waals surface area contributed by atoms with Gasteiger partial charge in [0.05, 0.1) is 5.92 Å². The van der Waals surface area contributed by atoms with Crippen molar-refractivity contribution in [1.82, 2.24) is 15.1 Å². The van der Waals surface area contributed by atoms with E-state index in [2.05, 4.69) is 41.4 Å². The number of piperazine rings is 1. The lowest BCUT2D eigenvalue weighted by Gasteiger charge is -2.41. The van der Waals surface area contributed by atoms with Gasteiger partial charge in [0.25, 0.3) is 0 Å². The highest BCUT2D eigenvalue weighted by Gasteiger charge is 2.31. The van der Waals surface area contributed by atoms with Crippen molar-refractivity contribution < 1.29 is 14.7 Å². The molecule has 2 fully saturated rings. The molecule has 1 heterocycles. The van der Waals surface area contributed by atoms with Crippen LogP contribution in [0, 0.1) is 5.92 Å². The van der Waals surface area contributed by atoms with Crippen LogP contribution in [0.2, 0.25) is 0 Å². The number of benzene rings is 1. The van der Waals surface area contributed by atoms with Crippen LogP contribution in [0.4, 0.5) is 4.79 Å². The predicted octanol–water partition coefficient (Wildman–Crippen LogP) is 2.94. The molecule has 3 rings (SSSR count). The maximum Gasteiger partial charge on any atom is 0.317 e. The van der Waals surface area contributed by atoms with Gasteiger partial charge in [0.2, 0.25) is 0 Å². The van der Waals surface area contributed by atoms with Crippen LogP contribution in [0.3, 0.4) is 0 Å². The summed E-state index contributed by atoms with van der Waals surface area (Å²) in [5.74, 6) is -0.954. The molecule has 1 unspecified atom stereocenters. The maximum absolute atomic E-state index is 12.7. The molecular weight excluding hydrogens is 342 g/mol. The van der Waals surface area contributed by atoms with Gasteiger partial charge in [-0.05, 0) is 37.7 Å². The molecule has 0 aromatic heterocycles. The van der Waals surface area contributed by atoms with Gasteiger partial charge in [-0.25, -0.2) is 4.79 Å². The lowest BCUT2D eigenvalue weighted by Crippen LogP contribution is -2.57. The largest absolute Gasteiger partial charge is 0.481 e. The molecule has 1 aromatic rings. The molecule has 6 nitrogen and oxygen atoms in total. The highest BCUT2D eigenvalue weighted by atomic mass is 16.4. The maximum atomic E-state index is 12.7. The zero-order valence-corrected chi connectivity index (χ0v) is 16.1. The summed E-state index contributed by atoms with van der Waals surface area (Å²) in [4.78, 5) is 28.1. The number of carbonyl (C=O) groups excluding carboxylic acids is 1. The number of amides is 2. The van der Waals surface area contributed by atoms with Crippen LogP contribution in [0.15, 0.2) is 30.3 Å². The van der Waals surface area contributed by atoms with E-state index in [1.165, 1.54) is 5.56 Å². The summed E-state index contributed by atoms with van der Waals surface area (Å²) >= 11 is 0. The Bertz CT molecular complexity index is 629. The summed E-state index contributed by atoms with van der Waals surface area (Å²) in [5.41, 5.74) is 1.31. The number of carboxylic acids is 1. The average molecular weight is 373 g/mol. The van der Waals surface area contributed by atoms with Gasteiger partial charge in [-0.2, -0.15) is 0 Å². The molecule has 2 aliphatic rings. The predicted molar refractivity (Wildman–Crippen MR) is 104 cm³/mol. The normalized spacial score (nSPS) is 26.6. The van der Waals surface area contributed by atoms with Crippen molar-refractivity contribution in [2.45, 2.75) is 57.7 Å². The van der Waals surface area contributed by atoms with Crippen LogP contribution in [-0.4, -0.2) is 58.6 Å². The van der Waals surface area contributed by atoms with Crippen LogP contribution in [-0.2, 0) is 11.3 Å². The Morgan fingerprint density at radius 3 is 2.44 bits per heavy atom. The van der Waals surface area contributed by atoms with Crippen LogP contribution < -0.4 is 5.32 Å². The molecule has 1 atom stereocenters. The van der Waals surface area contributed by atoms with E-state index in [4.69, 9.17) is 5.11 Å². The van der Waals surface area contributed by atoms with Crippen LogP contribution in [0.1, 0.15) is 44.6 Å². The molecule has 1 aromatic carbocycles. The minimum Gasteiger partial charge on any atom is -0.481 e. The fourth-order valence-electron chi connectivity index (χ4n) is 4.24. The average Bonchev–Trinajstić information content (AvgIpc) is 2.69. The summed E-state index contributed by atoms with van der Waals surface area (Å²) in [6, 6.07) is 11.0. The molecule has 0 spiro atoms. The van der Waals surface area contributed by atoms with Gasteiger partial charge < -0.3 is 15.3 Å². The van der Waals surface area contributed by atoms with Crippen molar-refractivity contribution in [3.8, 4) is 0 Å². The Hall–Kier alpha value is -2.08. The van der Waals surface area contributed by atoms with Gasteiger partial charge in [0.15, 0.2) is 0 Å². The van der Waals surface area contributed by atoms with Crippen molar-refractivity contribution in [2.24, 2.45) is 5.92 Å². The second kappa shape index (κ2) is 9.22. The highest BCUT2D eigenvalue weighted by Crippen LogP contribution is 2.25. The quantitative estimate of drug-likeness (QED) is 0.832. The summed E-state index contributed by atoms with van der Waals surface area (Å²) < 4.78 is 0. The molecule has 0 radical (unpaired) electrons. The van der Waals surface area contributed by atoms with Crippen molar-refractivity contribution in [1.29, 1.82) is 0 Å². The van der Waals surface area contributed by atoms with E-state index >= 15 is 0 Å². The molecular formula is C21H31N3O3. The number of aliphatic carboxylic acids is 1. The van der Waals surface area contributed by atoms with E-state index in [9.17, 15) is 9.59 Å². The zero-order chi connectivity index (χ0) is 19.2. The van der Waals surface area contributed by atoms with E-state index in [0.29, 0.717) is 18.9 Å². The first-order valence-electron chi connectivity index (χ1n) is 10.1. The van der Waals surface area contributed by atoms with E-state index in [1.807, 2.05) is 11.0 Å². The zero-order valence-electron chi connectivity index (χ0n) is 16.1. The van der Waals surface area contributed by atoms with Crippen molar-refractivity contribution in [3.63, 3.8) is 0 Å². The number of carbonyl (C=O) groups is 2. The molecule has 1 saturated heterocycles. The Morgan fingerprint density at radius 2 is 1.81 bits per heavy atom. The van der Waals surface area contributed by atoms with E-state index in [0.717, 1.165) is 45.4 Å². The summed E-state index contributed by atoms with van der Waals surface area (Å²) in [5, 5.41) is 12.2. The van der Waals surface area contributed by atoms with Gasteiger partial charge in [-0.3, -0.25) is 9.69 Å². The van der Waals surface area contributed by atoms with Crippen molar-refractivity contribution >= 4 is 12.0 Å². The Kier molecular flexibility index (Phi) is 6.72. The molecule has 27 heavy (non-hydrogen) atoms. The first-order chi connectivity index (χ1) is 13.1. The third-order valence-corrected chi connectivity index (χ3v) is 6.00. The number of urea groups is 1. The second-order valence-electron chi connectivity index (χ2n) is 7.80. The minimum absolute atomic E-state index is 0.00610. The van der Waals surface area contributed by atoms with Gasteiger partial charge in [-0.15, -0.1) is 0 Å². The molecule has 1 aliphatic carbocycles. The number of hydrogen-bond donors (Lipinski definition) is 2. The van der Waals surface area contributed by atoms with Gasteiger partial charge in [0, 0.05) is 38.3 Å². The molecule has 0 bridgehead atoms. The monoisotopic (exact) mass is 373 g/mol. The van der Waals surface area contributed by atoms with Crippen LogP contribution >= 0.6 is 0 Å². The molecule has 2 amide bonds. The Morgan fingerprint density at radius 1 is 1.11 bits per heavy atom. The first kappa shape index (κ1) is 19.7. The topological polar surface area (TPSA) is 72.9 Å². The number of nitrogens with one attached hydrogen (secondary N) is 1. The molecule has 6 heteroatoms. The minimum atomic E-state index is -0.708. The number of nitrogens with zero attached hydrogens (tertiary/aromatic N) is 2. The summed E-state index contributed by atoms with van der Waals surface area (Å²) in [6.45, 7) is 5.47. The van der Waals surface area contributed by atoms with E-state index in [-0.39, 0.29) is 18.0 Å². The number of carboxylic acid groups (broad SMARTS) is 1. The third kappa shape index (κ3) is 5.22. The molecule has 1 saturated carbocycles. The lowest BCUT2D eigenvalue weighted by atomic mass is 9.86. The molecule has 148 valence electrons. The van der Waals surface area contributed by atoms with E-state index in [1.54, 1.807) is 0 Å². The SMILES string of the molecule is CCC1CN(C(=O)NC2CCC(C(=O)O)CC2)CCN1Cc1ccccc1. The van der Waals surface area contributed by atoms with Crippen molar-refractivity contribution in [2.75, 3.05) is 19.6 Å². The van der Waals surface area contributed by atoms with Crippen LogP contribution in [0.25, 0.3) is 0 Å². The van der Waals surface area contributed by atoms with E-state index < -0.39 is 5.97 Å². The van der Waals surface area contributed by atoms with Gasteiger partial charge in [-0.1, -0.05) is 37.3 Å².